The summed E-state index contributed by atoms with van der Waals surface area (Å²) >= 11 is 0. The molecule has 0 aromatic carbocycles. The number of amides is 1. The lowest BCUT2D eigenvalue weighted by Crippen LogP contribution is -2.38. The van der Waals surface area contributed by atoms with Gasteiger partial charge in [0.2, 0.25) is 6.10 Å². The molecule has 1 unspecified atom stereocenters. The quantitative estimate of drug-likeness (QED) is 0.733. The van der Waals surface area contributed by atoms with Crippen molar-refractivity contribution in [2.45, 2.75) is 38.7 Å². The van der Waals surface area contributed by atoms with Crippen molar-refractivity contribution in [3.05, 3.63) is 0 Å². The van der Waals surface area contributed by atoms with Crippen LogP contribution in [-0.4, -0.2) is 35.3 Å². The largest absolute Gasteiger partial charge is 0.477 e. The second-order valence-corrected chi connectivity index (χ2v) is 4.71. The molecule has 0 aromatic rings. The lowest BCUT2D eigenvalue weighted by Gasteiger charge is -2.15. The van der Waals surface area contributed by atoms with Gasteiger partial charge >= 0.3 is 5.97 Å². The number of aliphatic carboxylic acids is 1. The molecule has 1 amide bonds. The Kier molecular flexibility index (Phi) is 3.04. The van der Waals surface area contributed by atoms with Crippen LogP contribution in [-0.2, 0) is 14.4 Å². The van der Waals surface area contributed by atoms with Crippen LogP contribution in [0.5, 0.6) is 0 Å². The van der Waals surface area contributed by atoms with Gasteiger partial charge in [-0.25, -0.2) is 4.79 Å². The van der Waals surface area contributed by atoms with Crippen molar-refractivity contribution < 1.29 is 19.5 Å². The molecule has 94 valence electrons. The molecule has 17 heavy (non-hydrogen) atoms. The van der Waals surface area contributed by atoms with E-state index in [1.54, 1.807) is 0 Å². The van der Waals surface area contributed by atoms with Crippen LogP contribution in [0.25, 0.3) is 0 Å². The van der Waals surface area contributed by atoms with Gasteiger partial charge in [0.25, 0.3) is 5.91 Å². The molecule has 1 fully saturated rings. The van der Waals surface area contributed by atoms with Crippen molar-refractivity contribution in [1.82, 2.24) is 5.32 Å². The fourth-order valence-corrected chi connectivity index (χ4v) is 1.86. The van der Waals surface area contributed by atoms with Crippen molar-refractivity contribution in [1.29, 1.82) is 0 Å². The first-order valence-corrected chi connectivity index (χ1v) is 5.80. The fraction of sp³-hybridized carbons (Fsp3) is 0.727. The number of rotatable bonds is 5. The van der Waals surface area contributed by atoms with Gasteiger partial charge in [-0.2, -0.15) is 0 Å². The van der Waals surface area contributed by atoms with Gasteiger partial charge in [-0.15, -0.1) is 0 Å². The van der Waals surface area contributed by atoms with Crippen LogP contribution >= 0.6 is 0 Å². The Bertz CT molecular complexity index is 374. The molecule has 2 rings (SSSR count). The monoisotopic (exact) mass is 240 g/mol. The molecule has 0 bridgehead atoms. The maximum atomic E-state index is 11.7. The maximum absolute atomic E-state index is 11.7. The summed E-state index contributed by atoms with van der Waals surface area (Å²) in [6.45, 7) is 2.75. The van der Waals surface area contributed by atoms with Gasteiger partial charge in [0, 0.05) is 13.0 Å². The summed E-state index contributed by atoms with van der Waals surface area (Å²) in [4.78, 5) is 27.1. The second kappa shape index (κ2) is 4.35. The standard InChI is InChI=1S/C11H16N2O4/c1-2-11(3-4-11)6-12-9(14)8-5-7(10(15)16)13-17-8/h8H,2-6H2,1H3,(H,12,14)(H,15,16). The smallest absolute Gasteiger partial charge is 0.353 e. The van der Waals surface area contributed by atoms with Crippen molar-refractivity contribution in [2.75, 3.05) is 6.54 Å². The third-order valence-electron chi connectivity index (χ3n) is 3.55. The zero-order chi connectivity index (χ0) is 12.5. The van der Waals surface area contributed by atoms with Crippen molar-refractivity contribution in [3.63, 3.8) is 0 Å². The Labute approximate surface area is 99.0 Å². The third kappa shape index (κ3) is 2.57. The summed E-state index contributed by atoms with van der Waals surface area (Å²) in [5, 5.41) is 14.9. The first-order valence-electron chi connectivity index (χ1n) is 5.80. The van der Waals surface area contributed by atoms with Gasteiger partial charge in [0.15, 0.2) is 5.71 Å². The van der Waals surface area contributed by atoms with Gasteiger partial charge in [-0.3, -0.25) is 4.79 Å². The first kappa shape index (κ1) is 11.9. The molecule has 1 atom stereocenters. The Morgan fingerprint density at radius 1 is 1.59 bits per heavy atom. The highest BCUT2D eigenvalue weighted by atomic mass is 16.6. The number of carbonyl (C=O) groups excluding carboxylic acids is 1. The average molecular weight is 240 g/mol. The minimum absolute atomic E-state index is 0.0420. The molecule has 1 aliphatic heterocycles. The molecular weight excluding hydrogens is 224 g/mol. The van der Waals surface area contributed by atoms with Crippen LogP contribution in [0, 0.1) is 5.41 Å². The highest BCUT2D eigenvalue weighted by Gasteiger charge is 2.41. The Morgan fingerprint density at radius 2 is 2.29 bits per heavy atom. The maximum Gasteiger partial charge on any atom is 0.353 e. The number of carbonyl (C=O) groups is 2. The summed E-state index contributed by atoms with van der Waals surface area (Å²) in [6, 6.07) is 0. The van der Waals surface area contributed by atoms with Crippen molar-refractivity contribution in [3.8, 4) is 0 Å². The van der Waals surface area contributed by atoms with E-state index in [0.29, 0.717) is 6.54 Å². The molecule has 0 spiro atoms. The summed E-state index contributed by atoms with van der Waals surface area (Å²) in [5.41, 5.74) is 0.173. The first-order chi connectivity index (χ1) is 8.06. The van der Waals surface area contributed by atoms with Gasteiger partial charge < -0.3 is 15.3 Å². The number of nitrogens with one attached hydrogen (secondary N) is 1. The SMILES string of the molecule is CCC1(CNC(=O)C2CC(C(=O)O)=NO2)CC1. The van der Waals surface area contributed by atoms with Crippen molar-refractivity contribution >= 4 is 17.6 Å². The van der Waals surface area contributed by atoms with E-state index in [-0.39, 0.29) is 23.5 Å². The van der Waals surface area contributed by atoms with E-state index in [1.807, 2.05) is 0 Å². The van der Waals surface area contributed by atoms with E-state index in [4.69, 9.17) is 9.94 Å². The molecule has 1 aliphatic carbocycles. The van der Waals surface area contributed by atoms with Crippen LogP contribution in [0.15, 0.2) is 5.16 Å². The normalized spacial score (nSPS) is 24.8. The topological polar surface area (TPSA) is 88.0 Å². The second-order valence-electron chi connectivity index (χ2n) is 4.71. The van der Waals surface area contributed by atoms with Crippen LogP contribution in [0.2, 0.25) is 0 Å². The molecule has 6 heteroatoms. The third-order valence-corrected chi connectivity index (χ3v) is 3.55. The Balaban J connectivity index is 1.77. The molecule has 1 saturated carbocycles. The van der Waals surface area contributed by atoms with Gasteiger partial charge in [0.05, 0.1) is 0 Å². The highest BCUT2D eigenvalue weighted by molar-refractivity contribution is 6.36. The predicted molar refractivity (Wildman–Crippen MR) is 59.5 cm³/mol. The summed E-state index contributed by atoms with van der Waals surface area (Å²) in [7, 11) is 0. The lowest BCUT2D eigenvalue weighted by atomic mass is 10.0. The molecule has 2 aliphatic rings. The Hall–Kier alpha value is -1.59. The van der Waals surface area contributed by atoms with Gasteiger partial charge in [-0.05, 0) is 24.7 Å². The molecule has 2 N–H and O–H groups in total. The minimum Gasteiger partial charge on any atom is -0.477 e. The lowest BCUT2D eigenvalue weighted by molar-refractivity contribution is -0.131. The summed E-state index contributed by atoms with van der Waals surface area (Å²) in [6.07, 6.45) is 2.60. The van der Waals surface area contributed by atoms with Crippen LogP contribution in [0.3, 0.4) is 0 Å². The van der Waals surface area contributed by atoms with E-state index >= 15 is 0 Å². The fourth-order valence-electron chi connectivity index (χ4n) is 1.86. The van der Waals surface area contributed by atoms with Gasteiger partial charge in [0.1, 0.15) is 0 Å². The molecule has 0 radical (unpaired) electrons. The van der Waals surface area contributed by atoms with Crippen LogP contribution < -0.4 is 5.32 Å². The number of hydrogen-bond donors (Lipinski definition) is 2. The number of carboxylic acids is 1. The molecule has 0 saturated heterocycles. The van der Waals surface area contributed by atoms with E-state index in [9.17, 15) is 9.59 Å². The van der Waals surface area contributed by atoms with E-state index in [0.717, 1.165) is 19.3 Å². The van der Waals surface area contributed by atoms with E-state index in [2.05, 4.69) is 17.4 Å². The highest BCUT2D eigenvalue weighted by Crippen LogP contribution is 2.47. The molecular formula is C11H16N2O4. The van der Waals surface area contributed by atoms with Crippen LogP contribution in [0.4, 0.5) is 0 Å². The predicted octanol–water partition coefficient (Wildman–Crippen LogP) is 0.522. The zero-order valence-corrected chi connectivity index (χ0v) is 9.73. The van der Waals surface area contributed by atoms with E-state index in [1.165, 1.54) is 0 Å². The number of carboxylic acid groups (broad SMARTS) is 1. The zero-order valence-electron chi connectivity index (χ0n) is 9.73. The van der Waals surface area contributed by atoms with E-state index < -0.39 is 12.1 Å². The number of nitrogens with zero attached hydrogens (tertiary/aromatic N) is 1. The van der Waals surface area contributed by atoms with Crippen molar-refractivity contribution in [2.24, 2.45) is 10.6 Å². The average Bonchev–Trinajstić information content (AvgIpc) is 2.92. The Morgan fingerprint density at radius 3 is 2.76 bits per heavy atom. The van der Waals surface area contributed by atoms with Crippen LogP contribution in [0.1, 0.15) is 32.6 Å². The number of hydrogen-bond acceptors (Lipinski definition) is 4. The molecule has 0 aromatic heterocycles. The van der Waals surface area contributed by atoms with Gasteiger partial charge in [-0.1, -0.05) is 12.1 Å². The number of oxime groups is 1. The molecule has 1 heterocycles. The summed E-state index contributed by atoms with van der Waals surface area (Å²) < 4.78 is 0. The summed E-state index contributed by atoms with van der Waals surface area (Å²) in [5.74, 6) is -1.41. The molecule has 6 nitrogen and oxygen atoms in total. The minimum atomic E-state index is -1.13.